The molecule has 0 aliphatic carbocycles. The Balaban J connectivity index is 1.74. The fraction of sp³-hybridized carbons (Fsp3) is 0.400. The van der Waals surface area contributed by atoms with Crippen molar-refractivity contribution >= 4 is 17.2 Å². The number of hydrogen-bond donors (Lipinski definition) is 0. The van der Waals surface area contributed by atoms with Crippen LogP contribution in [-0.4, -0.2) is 45.7 Å². The highest BCUT2D eigenvalue weighted by Gasteiger charge is 2.10. The summed E-state index contributed by atoms with van der Waals surface area (Å²) in [6.45, 7) is 10.2. The van der Waals surface area contributed by atoms with Gasteiger partial charge in [-0.25, -0.2) is 9.50 Å². The van der Waals surface area contributed by atoms with E-state index in [9.17, 15) is 0 Å². The molecule has 0 atom stereocenters. The van der Waals surface area contributed by atoms with Crippen LogP contribution in [0, 0.1) is 6.92 Å². The maximum Gasteiger partial charge on any atom is 0.231 e. The molecule has 0 spiro atoms. The van der Waals surface area contributed by atoms with E-state index in [1.54, 1.807) is 4.52 Å². The van der Waals surface area contributed by atoms with Crippen LogP contribution < -0.4 is 4.74 Å². The van der Waals surface area contributed by atoms with E-state index in [0.29, 0.717) is 12.5 Å². The largest absolute Gasteiger partial charge is 0.477 e. The minimum absolute atomic E-state index is 0.606. The monoisotopic (exact) mass is 372 g/mol. The molecule has 3 rings (SSSR count). The summed E-state index contributed by atoms with van der Waals surface area (Å²) >= 11 is 6.27. The average Bonchev–Trinajstić information content (AvgIpc) is 3.07. The van der Waals surface area contributed by atoms with Crippen molar-refractivity contribution in [1.29, 1.82) is 0 Å². The summed E-state index contributed by atoms with van der Waals surface area (Å²) in [6.07, 6.45) is 2.79. The second-order valence-corrected chi connectivity index (χ2v) is 6.69. The van der Waals surface area contributed by atoms with E-state index < -0.39 is 0 Å². The molecule has 0 unspecified atom stereocenters. The highest BCUT2D eigenvalue weighted by molar-refractivity contribution is 6.31. The number of benzene rings is 1. The van der Waals surface area contributed by atoms with Crippen LogP contribution in [0.4, 0.5) is 0 Å². The van der Waals surface area contributed by atoms with E-state index in [-0.39, 0.29) is 0 Å². The van der Waals surface area contributed by atoms with E-state index in [4.69, 9.17) is 16.3 Å². The number of ether oxygens (including phenoxy) is 1. The van der Waals surface area contributed by atoms with Crippen molar-refractivity contribution in [2.24, 2.45) is 0 Å². The van der Waals surface area contributed by atoms with Crippen LogP contribution in [0.5, 0.6) is 5.88 Å². The topological polar surface area (TPSA) is 42.7 Å². The summed E-state index contributed by atoms with van der Waals surface area (Å²) in [5.74, 6) is 0.606. The molecule has 0 amide bonds. The predicted octanol–water partition coefficient (Wildman–Crippen LogP) is 4.47. The van der Waals surface area contributed by atoms with Gasteiger partial charge in [0.1, 0.15) is 0 Å². The SMILES string of the molecule is CCN(CC)CCCOc1ccc2ncc(-c3ccc(C)c(Cl)c3)n2n1. The zero-order chi connectivity index (χ0) is 18.5. The standard InChI is InChI=1S/C20H25ClN4O/c1-4-24(5-2)11-6-12-26-20-10-9-19-22-14-18(25(19)23-20)16-8-7-15(3)17(21)13-16/h7-10,13-14H,4-6,11-12H2,1-3H3. The summed E-state index contributed by atoms with van der Waals surface area (Å²) in [5.41, 5.74) is 3.72. The second-order valence-electron chi connectivity index (χ2n) is 6.28. The summed E-state index contributed by atoms with van der Waals surface area (Å²) in [5, 5.41) is 5.33. The van der Waals surface area contributed by atoms with Gasteiger partial charge in [0.25, 0.3) is 0 Å². The van der Waals surface area contributed by atoms with Gasteiger partial charge in [-0.2, -0.15) is 0 Å². The molecule has 2 aromatic heterocycles. The molecule has 0 bridgehead atoms. The molecular formula is C20H25ClN4O. The van der Waals surface area contributed by atoms with Gasteiger partial charge in [-0.3, -0.25) is 0 Å². The van der Waals surface area contributed by atoms with Crippen molar-refractivity contribution in [3.63, 3.8) is 0 Å². The zero-order valence-electron chi connectivity index (χ0n) is 15.6. The van der Waals surface area contributed by atoms with Gasteiger partial charge in [-0.1, -0.05) is 37.6 Å². The highest BCUT2D eigenvalue weighted by atomic mass is 35.5. The molecule has 0 N–H and O–H groups in total. The molecule has 5 nitrogen and oxygen atoms in total. The van der Waals surface area contributed by atoms with Crippen molar-refractivity contribution in [3.05, 3.63) is 47.1 Å². The Morgan fingerprint density at radius 1 is 1.15 bits per heavy atom. The van der Waals surface area contributed by atoms with Gasteiger partial charge in [0, 0.05) is 23.2 Å². The third-order valence-electron chi connectivity index (χ3n) is 4.57. The number of aryl methyl sites for hydroxylation is 1. The average molecular weight is 373 g/mol. The number of rotatable bonds is 8. The van der Waals surface area contributed by atoms with Gasteiger partial charge in [0.15, 0.2) is 5.65 Å². The first-order valence-electron chi connectivity index (χ1n) is 9.08. The van der Waals surface area contributed by atoms with Gasteiger partial charge in [0.05, 0.1) is 18.5 Å². The van der Waals surface area contributed by atoms with E-state index in [0.717, 1.165) is 53.5 Å². The fourth-order valence-corrected chi connectivity index (χ4v) is 3.07. The highest BCUT2D eigenvalue weighted by Crippen LogP contribution is 2.26. The number of nitrogens with zero attached hydrogens (tertiary/aromatic N) is 4. The first-order chi connectivity index (χ1) is 12.6. The number of hydrogen-bond acceptors (Lipinski definition) is 4. The number of halogens is 1. The van der Waals surface area contributed by atoms with Crippen LogP contribution in [0.15, 0.2) is 36.5 Å². The summed E-state index contributed by atoms with van der Waals surface area (Å²) in [7, 11) is 0. The Bertz CT molecular complexity index is 873. The van der Waals surface area contributed by atoms with Gasteiger partial charge in [-0.05, 0) is 44.1 Å². The molecule has 0 aliphatic heterocycles. The van der Waals surface area contributed by atoms with Gasteiger partial charge < -0.3 is 9.64 Å². The molecule has 0 radical (unpaired) electrons. The lowest BCUT2D eigenvalue weighted by molar-refractivity contribution is 0.242. The fourth-order valence-electron chi connectivity index (χ4n) is 2.89. The first kappa shape index (κ1) is 18.7. The lowest BCUT2D eigenvalue weighted by Gasteiger charge is -2.17. The third kappa shape index (κ3) is 4.17. The lowest BCUT2D eigenvalue weighted by atomic mass is 10.1. The van der Waals surface area contributed by atoms with Crippen molar-refractivity contribution < 1.29 is 4.74 Å². The molecule has 0 saturated carbocycles. The van der Waals surface area contributed by atoms with E-state index in [1.807, 2.05) is 43.5 Å². The van der Waals surface area contributed by atoms with Gasteiger partial charge in [-0.15, -0.1) is 5.10 Å². The molecule has 6 heteroatoms. The van der Waals surface area contributed by atoms with Crippen molar-refractivity contribution in [2.75, 3.05) is 26.2 Å². The molecular weight excluding hydrogens is 348 g/mol. The number of aromatic nitrogens is 3. The van der Waals surface area contributed by atoms with Crippen LogP contribution in [0.3, 0.4) is 0 Å². The molecule has 138 valence electrons. The van der Waals surface area contributed by atoms with Crippen LogP contribution in [0.25, 0.3) is 16.9 Å². The lowest BCUT2D eigenvalue weighted by Crippen LogP contribution is -2.25. The molecule has 0 aliphatic rings. The maximum absolute atomic E-state index is 6.27. The summed E-state index contributed by atoms with van der Waals surface area (Å²) in [4.78, 5) is 6.81. The number of fused-ring (bicyclic) bond motifs is 1. The van der Waals surface area contributed by atoms with Gasteiger partial charge >= 0.3 is 0 Å². The van der Waals surface area contributed by atoms with Crippen LogP contribution >= 0.6 is 11.6 Å². The summed E-state index contributed by atoms with van der Waals surface area (Å²) in [6, 6.07) is 9.77. The molecule has 26 heavy (non-hydrogen) atoms. The maximum atomic E-state index is 6.27. The van der Waals surface area contributed by atoms with Crippen LogP contribution in [0.2, 0.25) is 5.02 Å². The van der Waals surface area contributed by atoms with Crippen LogP contribution in [-0.2, 0) is 0 Å². The first-order valence-corrected chi connectivity index (χ1v) is 9.46. The normalized spacial score (nSPS) is 11.4. The Hall–Kier alpha value is -2.11. The second kappa shape index (κ2) is 8.52. The molecule has 1 aromatic carbocycles. The Labute approximate surface area is 159 Å². The molecule has 3 aromatic rings. The van der Waals surface area contributed by atoms with E-state index in [2.05, 4.69) is 28.8 Å². The molecule has 0 fully saturated rings. The minimum Gasteiger partial charge on any atom is -0.477 e. The zero-order valence-corrected chi connectivity index (χ0v) is 16.3. The van der Waals surface area contributed by atoms with Crippen LogP contribution in [0.1, 0.15) is 25.8 Å². The van der Waals surface area contributed by atoms with Crippen molar-refractivity contribution in [3.8, 4) is 17.1 Å². The van der Waals surface area contributed by atoms with E-state index >= 15 is 0 Å². The van der Waals surface area contributed by atoms with Crippen molar-refractivity contribution in [1.82, 2.24) is 19.5 Å². The summed E-state index contributed by atoms with van der Waals surface area (Å²) < 4.78 is 7.65. The Morgan fingerprint density at radius 3 is 2.69 bits per heavy atom. The van der Waals surface area contributed by atoms with Gasteiger partial charge in [0.2, 0.25) is 5.88 Å². The molecule has 0 saturated heterocycles. The quantitative estimate of drug-likeness (QED) is 0.547. The van der Waals surface area contributed by atoms with Crippen molar-refractivity contribution in [2.45, 2.75) is 27.2 Å². The third-order valence-corrected chi connectivity index (χ3v) is 4.98. The Morgan fingerprint density at radius 2 is 1.96 bits per heavy atom. The smallest absolute Gasteiger partial charge is 0.231 e. The number of imidazole rings is 1. The predicted molar refractivity (Wildman–Crippen MR) is 106 cm³/mol. The molecule has 2 heterocycles. The van der Waals surface area contributed by atoms with E-state index in [1.165, 1.54) is 0 Å². The minimum atomic E-state index is 0.606. The Kier molecular flexibility index (Phi) is 6.12.